The number of carbonyl (C=O) groups excluding carboxylic acids is 1. The Morgan fingerprint density at radius 2 is 1.95 bits per heavy atom. The van der Waals surface area contributed by atoms with Crippen LogP contribution in [0.4, 0.5) is 0 Å². The van der Waals surface area contributed by atoms with Gasteiger partial charge in [0.1, 0.15) is 7.85 Å². The van der Waals surface area contributed by atoms with Crippen LogP contribution in [0.3, 0.4) is 0 Å². The Kier molecular flexibility index (Phi) is 6.07. The molecule has 22 heavy (non-hydrogen) atoms. The van der Waals surface area contributed by atoms with E-state index in [9.17, 15) is 4.79 Å². The van der Waals surface area contributed by atoms with Crippen LogP contribution in [0.1, 0.15) is 35.2 Å². The van der Waals surface area contributed by atoms with Gasteiger partial charge < -0.3 is 15.0 Å². The van der Waals surface area contributed by atoms with E-state index in [0.717, 1.165) is 29.8 Å². The molecule has 1 N–H and O–H groups in total. The Hall–Kier alpha value is -1.75. The first-order valence-electron chi connectivity index (χ1n) is 7.95. The van der Waals surface area contributed by atoms with E-state index in [0.29, 0.717) is 5.56 Å². The van der Waals surface area contributed by atoms with Crippen molar-refractivity contribution in [2.24, 2.45) is 0 Å². The number of nitrogens with zero attached hydrogens (tertiary/aromatic N) is 1. The summed E-state index contributed by atoms with van der Waals surface area (Å²) in [5, 5.41) is 3.37. The molecule has 1 aromatic rings. The molecule has 1 saturated heterocycles. The fourth-order valence-corrected chi connectivity index (χ4v) is 2.84. The van der Waals surface area contributed by atoms with Gasteiger partial charge in [-0.1, -0.05) is 30.6 Å². The molecule has 0 saturated carbocycles. The molecule has 2 rings (SSSR count). The normalized spacial score (nSPS) is 15.3. The Balaban J connectivity index is 1.91. The number of hydrogen-bond donors (Lipinski definition) is 1. The Labute approximate surface area is 133 Å². The van der Waals surface area contributed by atoms with E-state index in [-0.39, 0.29) is 5.97 Å². The van der Waals surface area contributed by atoms with E-state index in [2.05, 4.69) is 16.8 Å². The van der Waals surface area contributed by atoms with E-state index in [1.165, 1.54) is 39.5 Å². The van der Waals surface area contributed by atoms with Gasteiger partial charge >= 0.3 is 5.97 Å². The largest absolute Gasteiger partial charge is 0.465 e. The van der Waals surface area contributed by atoms with Crippen molar-refractivity contribution < 1.29 is 9.53 Å². The predicted octanol–water partition coefficient (Wildman–Crippen LogP) is 0.778. The molecular formula is C17H25BN2O2. The molecule has 0 aliphatic carbocycles. The number of nitrogens with one attached hydrogen (secondary N) is 1. The SMILES string of the molecule is Bc1cc(C(=C)NCCN2CCCCC2)cc(C(=O)OC)c1. The van der Waals surface area contributed by atoms with Crippen molar-refractivity contribution in [3.05, 3.63) is 35.9 Å². The van der Waals surface area contributed by atoms with Crippen molar-refractivity contribution in [3.63, 3.8) is 0 Å². The quantitative estimate of drug-likeness (QED) is 0.623. The highest BCUT2D eigenvalue weighted by Crippen LogP contribution is 2.12. The Morgan fingerprint density at radius 1 is 1.27 bits per heavy atom. The number of esters is 1. The summed E-state index contributed by atoms with van der Waals surface area (Å²) in [6.07, 6.45) is 3.97. The van der Waals surface area contributed by atoms with E-state index in [4.69, 9.17) is 4.74 Å². The second-order valence-electron chi connectivity index (χ2n) is 5.89. The maximum absolute atomic E-state index is 11.7. The number of piperidine rings is 1. The third-order valence-corrected chi connectivity index (χ3v) is 4.06. The van der Waals surface area contributed by atoms with Crippen molar-refractivity contribution in [1.29, 1.82) is 0 Å². The lowest BCUT2D eigenvalue weighted by molar-refractivity contribution is 0.0601. The average Bonchev–Trinajstić information content (AvgIpc) is 2.54. The highest BCUT2D eigenvalue weighted by atomic mass is 16.5. The topological polar surface area (TPSA) is 41.6 Å². The zero-order chi connectivity index (χ0) is 15.9. The van der Waals surface area contributed by atoms with Crippen molar-refractivity contribution in [2.45, 2.75) is 19.3 Å². The first kappa shape index (κ1) is 16.6. The minimum Gasteiger partial charge on any atom is -0.465 e. The molecule has 5 heteroatoms. The minimum absolute atomic E-state index is 0.314. The van der Waals surface area contributed by atoms with Gasteiger partial charge in [0.15, 0.2) is 0 Å². The van der Waals surface area contributed by atoms with Crippen molar-refractivity contribution >= 4 is 25.0 Å². The second kappa shape index (κ2) is 8.04. The van der Waals surface area contributed by atoms with Gasteiger partial charge in [0, 0.05) is 18.8 Å². The summed E-state index contributed by atoms with van der Waals surface area (Å²) in [6, 6.07) is 5.69. The Morgan fingerprint density at radius 3 is 2.64 bits per heavy atom. The van der Waals surface area contributed by atoms with Crippen LogP contribution < -0.4 is 10.8 Å². The number of benzene rings is 1. The average molecular weight is 300 g/mol. The lowest BCUT2D eigenvalue weighted by Crippen LogP contribution is -2.35. The fourth-order valence-electron chi connectivity index (χ4n) is 2.84. The van der Waals surface area contributed by atoms with E-state index < -0.39 is 0 Å². The van der Waals surface area contributed by atoms with Crippen LogP contribution in [0.15, 0.2) is 24.8 Å². The number of likely N-dealkylation sites (tertiary alicyclic amines) is 1. The van der Waals surface area contributed by atoms with Gasteiger partial charge in [-0.2, -0.15) is 0 Å². The van der Waals surface area contributed by atoms with Crippen molar-refractivity contribution in [2.75, 3.05) is 33.3 Å². The van der Waals surface area contributed by atoms with Gasteiger partial charge in [-0.25, -0.2) is 4.79 Å². The van der Waals surface area contributed by atoms with Crippen molar-refractivity contribution in [1.82, 2.24) is 10.2 Å². The molecule has 0 spiro atoms. The maximum atomic E-state index is 11.7. The first-order chi connectivity index (χ1) is 10.6. The van der Waals surface area contributed by atoms with Gasteiger partial charge in [-0.3, -0.25) is 0 Å². The standard InChI is InChI=1S/C17H25BN2O2/c1-13(19-6-9-20-7-4-3-5-8-20)14-10-15(17(21)22-2)12-16(18)11-14/h10-12,19H,1,3-9,18H2,2H3. The molecule has 0 atom stereocenters. The van der Waals surface area contributed by atoms with Crippen LogP contribution in [-0.2, 0) is 4.74 Å². The number of carbonyl (C=O) groups is 1. The van der Waals surface area contributed by atoms with Crippen LogP contribution in [0.25, 0.3) is 5.70 Å². The zero-order valence-corrected chi connectivity index (χ0v) is 13.7. The summed E-state index contributed by atoms with van der Waals surface area (Å²) in [6.45, 7) is 8.40. The molecule has 1 heterocycles. The molecule has 4 nitrogen and oxygen atoms in total. The molecule has 1 aliphatic rings. The number of methoxy groups -OCH3 is 1. The highest BCUT2D eigenvalue weighted by Gasteiger charge is 2.11. The summed E-state index contributed by atoms with van der Waals surface area (Å²) < 4.78 is 4.79. The van der Waals surface area contributed by atoms with Crippen LogP contribution >= 0.6 is 0 Å². The molecule has 0 aromatic heterocycles. The van der Waals surface area contributed by atoms with Gasteiger partial charge in [0.2, 0.25) is 0 Å². The molecule has 1 aromatic carbocycles. The molecule has 1 aliphatic heterocycles. The van der Waals surface area contributed by atoms with Crippen LogP contribution in [-0.4, -0.2) is 52.0 Å². The van der Waals surface area contributed by atoms with Gasteiger partial charge in [0.05, 0.1) is 12.7 Å². The molecule has 0 amide bonds. The maximum Gasteiger partial charge on any atom is 0.337 e. The van der Waals surface area contributed by atoms with E-state index >= 15 is 0 Å². The predicted molar refractivity (Wildman–Crippen MR) is 93.3 cm³/mol. The third-order valence-electron chi connectivity index (χ3n) is 4.06. The summed E-state index contributed by atoms with van der Waals surface area (Å²) in [5.74, 6) is -0.314. The van der Waals surface area contributed by atoms with Crippen LogP contribution in [0.2, 0.25) is 0 Å². The summed E-state index contributed by atoms with van der Waals surface area (Å²) >= 11 is 0. The molecule has 0 radical (unpaired) electrons. The molecular weight excluding hydrogens is 275 g/mol. The number of hydrogen-bond acceptors (Lipinski definition) is 4. The molecule has 1 fully saturated rings. The summed E-state index contributed by atoms with van der Waals surface area (Å²) in [7, 11) is 3.37. The first-order valence-corrected chi connectivity index (χ1v) is 7.95. The smallest absolute Gasteiger partial charge is 0.337 e. The highest BCUT2D eigenvalue weighted by molar-refractivity contribution is 6.32. The third kappa shape index (κ3) is 4.63. The van der Waals surface area contributed by atoms with E-state index in [1.807, 2.05) is 26.0 Å². The summed E-state index contributed by atoms with van der Waals surface area (Å²) in [4.78, 5) is 14.2. The van der Waals surface area contributed by atoms with Gasteiger partial charge in [0.25, 0.3) is 0 Å². The summed E-state index contributed by atoms with van der Waals surface area (Å²) in [5.41, 5.74) is 3.39. The fraction of sp³-hybridized carbons (Fsp3) is 0.471. The number of rotatable bonds is 6. The second-order valence-corrected chi connectivity index (χ2v) is 5.89. The molecule has 118 valence electrons. The van der Waals surface area contributed by atoms with E-state index in [1.54, 1.807) is 0 Å². The number of ether oxygens (including phenoxy) is 1. The lowest BCUT2D eigenvalue weighted by atomic mass is 9.91. The minimum atomic E-state index is -0.314. The zero-order valence-electron chi connectivity index (χ0n) is 13.7. The van der Waals surface area contributed by atoms with Crippen LogP contribution in [0, 0.1) is 0 Å². The lowest BCUT2D eigenvalue weighted by Gasteiger charge is -2.26. The van der Waals surface area contributed by atoms with Crippen molar-refractivity contribution in [3.8, 4) is 0 Å². The monoisotopic (exact) mass is 300 g/mol. The van der Waals surface area contributed by atoms with Gasteiger partial charge in [-0.05, 0) is 37.6 Å². The van der Waals surface area contributed by atoms with Gasteiger partial charge in [-0.15, -0.1) is 0 Å². The van der Waals surface area contributed by atoms with Crippen LogP contribution in [0.5, 0.6) is 0 Å². The molecule has 0 bridgehead atoms. The Bertz CT molecular complexity index is 539. The molecule has 0 unspecified atom stereocenters.